The van der Waals surface area contributed by atoms with Crippen LogP contribution in [0.2, 0.25) is 0 Å². The van der Waals surface area contributed by atoms with Crippen molar-refractivity contribution in [2.24, 2.45) is 0 Å². The maximum atomic E-state index is 5.25. The molecule has 360 valence electrons. The molecule has 16 aromatic rings. The van der Waals surface area contributed by atoms with Gasteiger partial charge in [0.05, 0.1) is 44.1 Å². The van der Waals surface area contributed by atoms with Crippen molar-refractivity contribution >= 4 is 87.2 Å². The number of hydrogen-bond donors (Lipinski definition) is 0. The van der Waals surface area contributed by atoms with Gasteiger partial charge in [0.15, 0.2) is 17.5 Å². The molecule has 0 spiro atoms. The second-order valence-electron chi connectivity index (χ2n) is 20.1. The summed E-state index contributed by atoms with van der Waals surface area (Å²) in [6.45, 7) is 2.10. The van der Waals surface area contributed by atoms with Crippen molar-refractivity contribution < 1.29 is 0 Å². The van der Waals surface area contributed by atoms with Crippen LogP contribution in [-0.4, -0.2) is 33.2 Å². The Morgan fingerprint density at radius 1 is 0.247 bits per heavy atom. The first-order valence-corrected chi connectivity index (χ1v) is 26.2. The van der Waals surface area contributed by atoms with Crippen LogP contribution in [0.15, 0.2) is 255 Å². The van der Waals surface area contributed by atoms with Gasteiger partial charge in [0, 0.05) is 82.5 Å². The van der Waals surface area contributed by atoms with Crippen LogP contribution in [0, 0.1) is 6.92 Å². The Bertz CT molecular complexity index is 4730. The van der Waals surface area contributed by atoms with Crippen molar-refractivity contribution in [3.05, 3.63) is 260 Å². The van der Waals surface area contributed by atoms with E-state index in [0.717, 1.165) is 67.1 Å². The molecule has 11 aromatic carbocycles. The molecular formula is C70H45N7. The molecule has 0 aliphatic heterocycles. The molecule has 0 N–H and O–H groups in total. The Morgan fingerprint density at radius 2 is 0.610 bits per heavy atom. The molecule has 0 saturated heterocycles. The zero-order valence-corrected chi connectivity index (χ0v) is 41.9. The van der Waals surface area contributed by atoms with Crippen LogP contribution in [0.1, 0.15) is 5.56 Å². The molecule has 0 radical (unpaired) electrons. The molecule has 0 atom stereocenters. The number of aryl methyl sites for hydroxylation is 1. The largest absolute Gasteiger partial charge is 0.309 e. The zero-order chi connectivity index (χ0) is 50.7. The van der Waals surface area contributed by atoms with Gasteiger partial charge in [0.25, 0.3) is 0 Å². The van der Waals surface area contributed by atoms with E-state index in [-0.39, 0.29) is 0 Å². The predicted octanol–water partition coefficient (Wildman–Crippen LogP) is 17.6. The van der Waals surface area contributed by atoms with E-state index in [1.807, 2.05) is 0 Å². The van der Waals surface area contributed by atoms with Crippen molar-refractivity contribution in [2.75, 3.05) is 0 Å². The third kappa shape index (κ3) is 6.54. The first kappa shape index (κ1) is 43.1. The highest BCUT2D eigenvalue weighted by molar-refractivity contribution is 6.27. The number of benzene rings is 11. The predicted molar refractivity (Wildman–Crippen MR) is 318 cm³/mol. The topological polar surface area (TPSA) is 58.4 Å². The smallest absolute Gasteiger partial charge is 0.164 e. The summed E-state index contributed by atoms with van der Waals surface area (Å²) in [5.41, 5.74) is 17.6. The summed E-state index contributed by atoms with van der Waals surface area (Å²) in [4.78, 5) is 15.6. The van der Waals surface area contributed by atoms with Crippen LogP contribution < -0.4 is 0 Å². The van der Waals surface area contributed by atoms with E-state index >= 15 is 0 Å². The van der Waals surface area contributed by atoms with E-state index in [0.29, 0.717) is 17.5 Å². The third-order valence-electron chi connectivity index (χ3n) is 15.6. The molecule has 0 fully saturated rings. The molecule has 5 aromatic heterocycles. The van der Waals surface area contributed by atoms with Crippen LogP contribution in [0.4, 0.5) is 0 Å². The Hall–Kier alpha value is -10.4. The van der Waals surface area contributed by atoms with Crippen molar-refractivity contribution in [1.29, 1.82) is 0 Å². The van der Waals surface area contributed by atoms with Gasteiger partial charge in [-0.25, -0.2) is 15.0 Å². The molecule has 0 amide bonds. The Labute approximate surface area is 442 Å². The lowest BCUT2D eigenvalue weighted by Gasteiger charge is -2.12. The van der Waals surface area contributed by atoms with Gasteiger partial charge in [0.1, 0.15) is 0 Å². The molecule has 16 rings (SSSR count). The van der Waals surface area contributed by atoms with Crippen molar-refractivity contribution in [1.82, 2.24) is 33.2 Å². The van der Waals surface area contributed by atoms with Crippen LogP contribution in [0.25, 0.3) is 144 Å². The number of hydrogen-bond acceptors (Lipinski definition) is 3. The molecule has 7 heteroatoms. The molecule has 77 heavy (non-hydrogen) atoms. The zero-order valence-electron chi connectivity index (χ0n) is 41.9. The van der Waals surface area contributed by atoms with Gasteiger partial charge in [0.2, 0.25) is 0 Å². The molecule has 7 nitrogen and oxygen atoms in total. The lowest BCUT2D eigenvalue weighted by Crippen LogP contribution is -2.01. The van der Waals surface area contributed by atoms with Gasteiger partial charge >= 0.3 is 0 Å². The van der Waals surface area contributed by atoms with E-state index in [9.17, 15) is 0 Å². The van der Waals surface area contributed by atoms with E-state index < -0.39 is 0 Å². The fourth-order valence-corrected chi connectivity index (χ4v) is 12.3. The number of aromatic nitrogens is 7. The van der Waals surface area contributed by atoms with Gasteiger partial charge in [-0.2, -0.15) is 0 Å². The molecule has 0 saturated carbocycles. The van der Waals surface area contributed by atoms with Crippen LogP contribution in [0.3, 0.4) is 0 Å². The molecule has 0 aliphatic rings. The van der Waals surface area contributed by atoms with Gasteiger partial charge < -0.3 is 18.3 Å². The van der Waals surface area contributed by atoms with Crippen molar-refractivity contribution in [3.63, 3.8) is 0 Å². The Balaban J connectivity index is 0.826. The lowest BCUT2D eigenvalue weighted by molar-refractivity contribution is 1.07. The highest BCUT2D eigenvalue weighted by atomic mass is 15.0. The quantitative estimate of drug-likeness (QED) is 0.160. The summed E-state index contributed by atoms with van der Waals surface area (Å²) in [6, 6.07) is 91.4. The van der Waals surface area contributed by atoms with Crippen LogP contribution in [-0.2, 0) is 0 Å². The number of para-hydroxylation sites is 6. The highest BCUT2D eigenvalue weighted by Crippen LogP contribution is 2.44. The fourth-order valence-electron chi connectivity index (χ4n) is 12.3. The van der Waals surface area contributed by atoms with E-state index in [2.05, 4.69) is 280 Å². The summed E-state index contributed by atoms with van der Waals surface area (Å²) in [5, 5.41) is 9.79. The fraction of sp³-hybridized carbons (Fsp3) is 0.0143. The van der Waals surface area contributed by atoms with Crippen LogP contribution >= 0.6 is 0 Å². The molecule has 0 aliphatic carbocycles. The Morgan fingerprint density at radius 3 is 1.04 bits per heavy atom. The van der Waals surface area contributed by atoms with E-state index in [1.54, 1.807) is 0 Å². The van der Waals surface area contributed by atoms with E-state index in [1.165, 1.54) is 65.2 Å². The second-order valence-corrected chi connectivity index (χ2v) is 20.1. The van der Waals surface area contributed by atoms with Gasteiger partial charge in [-0.15, -0.1) is 0 Å². The Kier molecular flexibility index (Phi) is 9.41. The summed E-state index contributed by atoms with van der Waals surface area (Å²) >= 11 is 0. The van der Waals surface area contributed by atoms with Gasteiger partial charge in [-0.1, -0.05) is 145 Å². The van der Waals surface area contributed by atoms with Gasteiger partial charge in [-0.3, -0.25) is 0 Å². The first-order chi connectivity index (χ1) is 38.1. The number of fused-ring (bicyclic) bond motifs is 14. The minimum atomic E-state index is 0.610. The molecule has 5 heterocycles. The lowest BCUT2D eigenvalue weighted by atomic mass is 10.1. The maximum absolute atomic E-state index is 5.25. The molecular weight excluding hydrogens is 939 g/mol. The first-order valence-electron chi connectivity index (χ1n) is 26.2. The van der Waals surface area contributed by atoms with E-state index in [4.69, 9.17) is 15.0 Å². The number of rotatable bonds is 7. The average Bonchev–Trinajstić information content (AvgIpc) is 4.34. The SMILES string of the molecule is Cc1cccc(-c2nc(-c3ccc(-n4c5ccccc5c5c4ccc4c6ccccc6n(-c6ccccc6)c45)cc3)nc(-c3ccc(-n4c5ccccc5c5c4ccc4c6ccccc6n(-c6ccccc6)c45)cc3)n2)c1. The normalized spacial score (nSPS) is 12.0. The second kappa shape index (κ2) is 16.8. The maximum Gasteiger partial charge on any atom is 0.164 e. The number of nitrogens with zero attached hydrogens (tertiary/aromatic N) is 7. The van der Waals surface area contributed by atoms with Crippen LogP contribution in [0.5, 0.6) is 0 Å². The van der Waals surface area contributed by atoms with Crippen molar-refractivity contribution in [2.45, 2.75) is 6.92 Å². The molecule has 0 unspecified atom stereocenters. The monoisotopic (exact) mass is 983 g/mol. The minimum Gasteiger partial charge on any atom is -0.309 e. The summed E-state index contributed by atoms with van der Waals surface area (Å²) in [7, 11) is 0. The standard InChI is InChI=1S/C70H45N7/c1-44-17-16-18-47(43-44)70-72-68(45-31-35-50(36-32-45)74-60-29-14-10-25-56(60)64-62(74)41-39-54-52-23-8-12-27-58(52)76(66(54)64)48-19-4-2-5-20-48)71-69(73-70)46-33-37-51(38-34-46)75-61-30-15-11-26-57(61)65-63(75)42-40-55-53-24-9-13-28-59(53)77(67(55)65)49-21-6-3-7-22-49/h2-43H,1H3. The van der Waals surface area contributed by atoms with Gasteiger partial charge in [-0.05, 0) is 122 Å². The molecule has 0 bridgehead atoms. The minimum absolute atomic E-state index is 0.610. The highest BCUT2D eigenvalue weighted by Gasteiger charge is 2.23. The third-order valence-corrected chi connectivity index (χ3v) is 15.6. The van der Waals surface area contributed by atoms with Crippen molar-refractivity contribution in [3.8, 4) is 56.9 Å². The average molecular weight is 984 g/mol. The summed E-state index contributed by atoms with van der Waals surface area (Å²) in [5.74, 6) is 1.85. The summed E-state index contributed by atoms with van der Waals surface area (Å²) < 4.78 is 9.64. The summed E-state index contributed by atoms with van der Waals surface area (Å²) in [6.07, 6.45) is 0.